The van der Waals surface area contributed by atoms with Gasteiger partial charge in [-0.1, -0.05) is 0 Å². The Kier molecular flexibility index (Phi) is 6.39. The van der Waals surface area contributed by atoms with E-state index in [4.69, 9.17) is 15.2 Å². The molecule has 0 aromatic heterocycles. The normalized spacial score (nSPS) is 23.4. The summed E-state index contributed by atoms with van der Waals surface area (Å²) in [5.74, 6) is -0.876. The van der Waals surface area contributed by atoms with Crippen LogP contribution < -0.4 is 5.73 Å². The van der Waals surface area contributed by atoms with E-state index < -0.39 is 35.9 Å². The topological polar surface area (TPSA) is 126 Å². The molecule has 9 nitrogen and oxygen atoms in total. The second kappa shape index (κ2) is 8.84. The van der Waals surface area contributed by atoms with Gasteiger partial charge in [-0.15, -0.1) is 0 Å². The molecular weight excluding hydrogens is 400 g/mol. The predicted octanol–water partition coefficient (Wildman–Crippen LogP) is 2.32. The van der Waals surface area contributed by atoms with Gasteiger partial charge in [-0.05, 0) is 57.9 Å². The predicted molar refractivity (Wildman–Crippen MR) is 112 cm³/mol. The van der Waals surface area contributed by atoms with Gasteiger partial charge in [-0.25, -0.2) is 9.59 Å². The molecule has 0 bridgehead atoms. The second-order valence-electron chi connectivity index (χ2n) is 8.85. The van der Waals surface area contributed by atoms with Gasteiger partial charge in [0.05, 0.1) is 18.2 Å². The first kappa shape index (κ1) is 22.4. The number of hydrogen-bond donors (Lipinski definition) is 1. The van der Waals surface area contributed by atoms with Crippen molar-refractivity contribution in [3.63, 3.8) is 0 Å². The monoisotopic (exact) mass is 428 g/mol. The Morgan fingerprint density at radius 1 is 1.16 bits per heavy atom. The van der Waals surface area contributed by atoms with Gasteiger partial charge in [0.25, 0.3) is 0 Å². The molecule has 2 saturated heterocycles. The lowest BCUT2D eigenvalue weighted by atomic mass is 10.1. The fourth-order valence-corrected chi connectivity index (χ4v) is 3.83. The van der Waals surface area contributed by atoms with Crippen molar-refractivity contribution in [2.45, 2.75) is 63.8 Å². The summed E-state index contributed by atoms with van der Waals surface area (Å²) in [6, 6.07) is 7.09. The molecule has 0 aliphatic carbocycles. The number of anilines is 1. The minimum atomic E-state index is -0.854. The molecule has 3 atom stereocenters. The Hall–Kier alpha value is -3.28. The number of carbonyl (C=O) groups excluding carboxylic acids is 3. The first-order valence-electron chi connectivity index (χ1n) is 10.4. The fraction of sp³-hybridized carbons (Fsp3) is 0.545. The molecule has 2 aliphatic heterocycles. The van der Waals surface area contributed by atoms with Crippen LogP contribution >= 0.6 is 0 Å². The number of nitrogen functional groups attached to an aromatic ring is 1. The van der Waals surface area contributed by atoms with Gasteiger partial charge in [-0.2, -0.15) is 5.26 Å². The molecule has 0 radical (unpaired) electrons. The first-order chi connectivity index (χ1) is 14.6. The standard InChI is InChI=1S/C22H28N4O5/c1-22(2,3)31-21(29)26-13-17(30-20(28)14-6-8-15(24)9-7-14)11-18(26)19(27)25-10-4-5-16(25)12-23/h6-9,16-18H,4-5,10-11,13,24H2,1-3H3/t16?,17-,18-/m0/s1. The molecule has 0 saturated carbocycles. The Morgan fingerprint density at radius 2 is 1.84 bits per heavy atom. The average Bonchev–Trinajstić information content (AvgIpc) is 3.33. The van der Waals surface area contributed by atoms with E-state index in [0.29, 0.717) is 24.2 Å². The van der Waals surface area contributed by atoms with Crippen molar-refractivity contribution in [3.05, 3.63) is 29.8 Å². The van der Waals surface area contributed by atoms with Crippen LogP contribution in [-0.4, -0.2) is 64.6 Å². The highest BCUT2D eigenvalue weighted by Gasteiger charge is 2.46. The molecule has 1 unspecified atom stereocenters. The van der Waals surface area contributed by atoms with Gasteiger partial charge < -0.3 is 20.1 Å². The number of ether oxygens (including phenoxy) is 2. The molecule has 2 aliphatic rings. The summed E-state index contributed by atoms with van der Waals surface area (Å²) in [7, 11) is 0. The number of amides is 2. The molecule has 0 spiro atoms. The van der Waals surface area contributed by atoms with Gasteiger partial charge in [-0.3, -0.25) is 9.69 Å². The summed E-state index contributed by atoms with van der Waals surface area (Å²) >= 11 is 0. The zero-order valence-electron chi connectivity index (χ0n) is 18.0. The van der Waals surface area contributed by atoms with E-state index in [1.165, 1.54) is 9.80 Å². The Morgan fingerprint density at radius 3 is 2.45 bits per heavy atom. The zero-order valence-corrected chi connectivity index (χ0v) is 18.0. The molecule has 2 heterocycles. The van der Waals surface area contributed by atoms with Gasteiger partial charge >= 0.3 is 12.1 Å². The maximum absolute atomic E-state index is 13.2. The minimum absolute atomic E-state index is 0.0388. The summed E-state index contributed by atoms with van der Waals surface area (Å²) in [4.78, 5) is 41.3. The smallest absolute Gasteiger partial charge is 0.411 e. The van der Waals surface area contributed by atoms with Crippen LogP contribution in [0.15, 0.2) is 24.3 Å². The average molecular weight is 428 g/mol. The van der Waals surface area contributed by atoms with Crippen molar-refractivity contribution >= 4 is 23.7 Å². The number of carbonyl (C=O) groups is 3. The lowest BCUT2D eigenvalue weighted by Gasteiger charge is -2.30. The van der Waals surface area contributed by atoms with Crippen LogP contribution in [0.25, 0.3) is 0 Å². The van der Waals surface area contributed by atoms with E-state index in [1.54, 1.807) is 45.0 Å². The van der Waals surface area contributed by atoms with Crippen LogP contribution in [0.3, 0.4) is 0 Å². The van der Waals surface area contributed by atoms with Crippen LogP contribution in [0.1, 0.15) is 50.4 Å². The Labute approximate surface area is 181 Å². The molecule has 2 fully saturated rings. The first-order valence-corrected chi connectivity index (χ1v) is 10.4. The Bertz CT molecular complexity index is 887. The summed E-state index contributed by atoms with van der Waals surface area (Å²) < 4.78 is 11.0. The van der Waals surface area contributed by atoms with Gasteiger partial charge in [0.15, 0.2) is 0 Å². The van der Waals surface area contributed by atoms with E-state index in [9.17, 15) is 19.6 Å². The molecular formula is C22H28N4O5. The van der Waals surface area contributed by atoms with Crippen LogP contribution in [-0.2, 0) is 14.3 Å². The third kappa shape index (κ3) is 5.26. The number of nitriles is 1. The van der Waals surface area contributed by atoms with Crippen LogP contribution in [0.5, 0.6) is 0 Å². The van der Waals surface area contributed by atoms with E-state index in [2.05, 4.69) is 6.07 Å². The Balaban J connectivity index is 1.77. The largest absolute Gasteiger partial charge is 0.457 e. The van der Waals surface area contributed by atoms with Crippen molar-refractivity contribution in [2.24, 2.45) is 0 Å². The maximum Gasteiger partial charge on any atom is 0.411 e. The van der Waals surface area contributed by atoms with E-state index in [-0.39, 0.29) is 18.9 Å². The molecule has 31 heavy (non-hydrogen) atoms. The van der Waals surface area contributed by atoms with Gasteiger partial charge in [0.2, 0.25) is 5.91 Å². The summed E-state index contributed by atoms with van der Waals surface area (Å²) in [5.41, 5.74) is 5.76. The summed E-state index contributed by atoms with van der Waals surface area (Å²) in [5, 5.41) is 9.35. The summed E-state index contributed by atoms with van der Waals surface area (Å²) in [6.45, 7) is 5.72. The third-order valence-corrected chi connectivity index (χ3v) is 5.28. The molecule has 166 valence electrons. The molecule has 1 aromatic carbocycles. The van der Waals surface area contributed by atoms with Crippen molar-refractivity contribution in [2.75, 3.05) is 18.8 Å². The number of benzene rings is 1. The molecule has 2 N–H and O–H groups in total. The van der Waals surface area contributed by atoms with Crippen LogP contribution in [0.4, 0.5) is 10.5 Å². The number of likely N-dealkylation sites (tertiary alicyclic amines) is 2. The third-order valence-electron chi connectivity index (χ3n) is 5.28. The molecule has 3 rings (SSSR count). The highest BCUT2D eigenvalue weighted by atomic mass is 16.6. The SMILES string of the molecule is CC(C)(C)OC(=O)N1C[C@@H](OC(=O)c2ccc(N)cc2)C[C@H]1C(=O)N1CCCC1C#N. The fourth-order valence-electron chi connectivity index (χ4n) is 3.83. The number of nitrogens with zero attached hydrogens (tertiary/aromatic N) is 3. The van der Waals surface area contributed by atoms with Crippen LogP contribution in [0.2, 0.25) is 0 Å². The van der Waals surface area contributed by atoms with Crippen molar-refractivity contribution in [3.8, 4) is 6.07 Å². The van der Waals surface area contributed by atoms with Crippen molar-refractivity contribution in [1.82, 2.24) is 9.80 Å². The van der Waals surface area contributed by atoms with Crippen molar-refractivity contribution < 1.29 is 23.9 Å². The number of rotatable bonds is 3. The van der Waals surface area contributed by atoms with Gasteiger partial charge in [0, 0.05) is 18.7 Å². The molecule has 2 amide bonds. The highest BCUT2D eigenvalue weighted by Crippen LogP contribution is 2.28. The summed E-state index contributed by atoms with van der Waals surface area (Å²) in [6.07, 6.45) is 0.169. The number of hydrogen-bond acceptors (Lipinski definition) is 7. The van der Waals surface area contributed by atoms with Gasteiger partial charge in [0.1, 0.15) is 23.8 Å². The maximum atomic E-state index is 13.2. The van der Waals surface area contributed by atoms with Crippen LogP contribution in [0, 0.1) is 11.3 Å². The minimum Gasteiger partial charge on any atom is -0.457 e. The van der Waals surface area contributed by atoms with E-state index >= 15 is 0 Å². The van der Waals surface area contributed by atoms with E-state index in [0.717, 1.165) is 6.42 Å². The van der Waals surface area contributed by atoms with Crippen molar-refractivity contribution in [1.29, 1.82) is 5.26 Å². The second-order valence-corrected chi connectivity index (χ2v) is 8.85. The van der Waals surface area contributed by atoms with E-state index in [1.807, 2.05) is 0 Å². The highest BCUT2D eigenvalue weighted by molar-refractivity contribution is 5.90. The molecule has 9 heteroatoms. The lowest BCUT2D eigenvalue weighted by Crippen LogP contribution is -2.50. The quantitative estimate of drug-likeness (QED) is 0.578. The lowest BCUT2D eigenvalue weighted by molar-refractivity contribution is -0.136. The molecule has 1 aromatic rings. The number of esters is 1. The number of nitrogens with two attached hydrogens (primary N) is 1. The zero-order chi connectivity index (χ0) is 22.8.